The third-order valence-electron chi connectivity index (χ3n) is 3.94. The van der Waals surface area contributed by atoms with E-state index in [1.165, 1.54) is 0 Å². The number of amides is 1. The van der Waals surface area contributed by atoms with E-state index in [0.29, 0.717) is 12.2 Å². The zero-order valence-corrected chi connectivity index (χ0v) is 12.7. The lowest BCUT2D eigenvalue weighted by Crippen LogP contribution is -2.39. The average molecular weight is 298 g/mol. The van der Waals surface area contributed by atoms with Crippen molar-refractivity contribution in [3.8, 4) is 0 Å². The average Bonchev–Trinajstić information content (AvgIpc) is 3.12. The Labute approximate surface area is 129 Å². The van der Waals surface area contributed by atoms with Gasteiger partial charge in [-0.3, -0.25) is 4.79 Å². The van der Waals surface area contributed by atoms with E-state index in [1.807, 2.05) is 24.3 Å². The first-order valence-electron chi connectivity index (χ1n) is 7.29. The van der Waals surface area contributed by atoms with Crippen LogP contribution in [-0.4, -0.2) is 29.1 Å². The van der Waals surface area contributed by atoms with Crippen LogP contribution >= 0.6 is 0 Å². The number of hydrogen-bond acceptors (Lipinski definition) is 3. The second-order valence-electron chi connectivity index (χ2n) is 5.42. The summed E-state index contributed by atoms with van der Waals surface area (Å²) in [6.45, 7) is 2.24. The standard InChI is InChI=1S/C17H18N2O3/c1-12(22-17(21)15-8-5-10-18(15)2)16(20)19-11-9-13-6-3-4-7-14(13)19/h3-8,10,12H,9,11H2,1-2H3/t12-/m0/s1. The number of nitrogens with zero attached hydrogens (tertiary/aromatic N) is 2. The van der Waals surface area contributed by atoms with E-state index in [0.717, 1.165) is 17.7 Å². The first-order valence-corrected chi connectivity index (χ1v) is 7.29. The molecule has 0 aliphatic carbocycles. The van der Waals surface area contributed by atoms with Gasteiger partial charge in [0.25, 0.3) is 5.91 Å². The number of aryl methyl sites for hydroxylation is 1. The third kappa shape index (κ3) is 2.50. The molecule has 0 fully saturated rings. The minimum Gasteiger partial charge on any atom is -0.448 e. The smallest absolute Gasteiger partial charge is 0.355 e. The van der Waals surface area contributed by atoms with Gasteiger partial charge in [0.1, 0.15) is 5.69 Å². The minimum atomic E-state index is -0.812. The lowest BCUT2D eigenvalue weighted by molar-refractivity contribution is -0.126. The van der Waals surface area contributed by atoms with Crippen LogP contribution < -0.4 is 4.90 Å². The summed E-state index contributed by atoms with van der Waals surface area (Å²) in [6.07, 6.45) is 1.79. The van der Waals surface area contributed by atoms with Crippen molar-refractivity contribution in [2.45, 2.75) is 19.4 Å². The number of ether oxygens (including phenoxy) is 1. The van der Waals surface area contributed by atoms with Gasteiger partial charge in [-0.1, -0.05) is 18.2 Å². The van der Waals surface area contributed by atoms with Crippen LogP contribution in [0.4, 0.5) is 5.69 Å². The number of benzene rings is 1. The highest BCUT2D eigenvalue weighted by Crippen LogP contribution is 2.28. The van der Waals surface area contributed by atoms with Crippen LogP contribution in [0, 0.1) is 0 Å². The molecule has 0 saturated heterocycles. The van der Waals surface area contributed by atoms with Gasteiger partial charge < -0.3 is 14.2 Å². The third-order valence-corrected chi connectivity index (χ3v) is 3.94. The molecule has 1 atom stereocenters. The Balaban J connectivity index is 1.71. The molecule has 1 aromatic carbocycles. The van der Waals surface area contributed by atoms with Gasteiger partial charge in [0, 0.05) is 25.5 Å². The van der Waals surface area contributed by atoms with Gasteiger partial charge in [-0.2, -0.15) is 0 Å². The van der Waals surface area contributed by atoms with E-state index in [-0.39, 0.29) is 5.91 Å². The molecule has 5 nitrogen and oxygen atoms in total. The molecule has 5 heteroatoms. The molecule has 0 unspecified atom stereocenters. The number of esters is 1. The first-order chi connectivity index (χ1) is 10.6. The van der Waals surface area contributed by atoms with Crippen molar-refractivity contribution in [2.75, 3.05) is 11.4 Å². The minimum absolute atomic E-state index is 0.187. The number of carbonyl (C=O) groups is 2. The maximum absolute atomic E-state index is 12.5. The van der Waals surface area contributed by atoms with Gasteiger partial charge in [-0.05, 0) is 37.1 Å². The van der Waals surface area contributed by atoms with Crippen molar-refractivity contribution in [2.24, 2.45) is 7.05 Å². The Bertz CT molecular complexity index is 720. The number of aromatic nitrogens is 1. The first kappa shape index (κ1) is 14.4. The molecule has 0 bridgehead atoms. The maximum Gasteiger partial charge on any atom is 0.355 e. The quantitative estimate of drug-likeness (QED) is 0.816. The Hall–Kier alpha value is -2.56. The van der Waals surface area contributed by atoms with Crippen LogP contribution in [0.3, 0.4) is 0 Å². The zero-order valence-electron chi connectivity index (χ0n) is 12.7. The number of hydrogen-bond donors (Lipinski definition) is 0. The molecule has 2 heterocycles. The van der Waals surface area contributed by atoms with Gasteiger partial charge >= 0.3 is 5.97 Å². The molecule has 0 saturated carbocycles. The van der Waals surface area contributed by atoms with Crippen molar-refractivity contribution < 1.29 is 14.3 Å². The van der Waals surface area contributed by atoms with Crippen molar-refractivity contribution >= 4 is 17.6 Å². The summed E-state index contributed by atoms with van der Waals surface area (Å²) in [5, 5.41) is 0. The van der Waals surface area contributed by atoms with E-state index in [1.54, 1.807) is 41.8 Å². The summed E-state index contributed by atoms with van der Waals surface area (Å²) < 4.78 is 6.99. The molecular formula is C17H18N2O3. The summed E-state index contributed by atoms with van der Waals surface area (Å²) in [5.74, 6) is -0.673. The largest absolute Gasteiger partial charge is 0.448 e. The molecule has 0 radical (unpaired) electrons. The maximum atomic E-state index is 12.5. The van der Waals surface area contributed by atoms with Crippen molar-refractivity contribution in [3.05, 3.63) is 53.9 Å². The fourth-order valence-corrected chi connectivity index (χ4v) is 2.73. The Morgan fingerprint density at radius 3 is 2.68 bits per heavy atom. The highest BCUT2D eigenvalue weighted by Gasteiger charge is 2.30. The Morgan fingerprint density at radius 2 is 1.95 bits per heavy atom. The molecule has 114 valence electrons. The SMILES string of the molecule is C[C@H](OC(=O)c1cccn1C)C(=O)N1CCc2ccccc21. The van der Waals surface area contributed by atoms with Crippen LogP contribution in [0.15, 0.2) is 42.6 Å². The molecule has 0 N–H and O–H groups in total. The Kier molecular flexibility index (Phi) is 3.71. The highest BCUT2D eigenvalue weighted by molar-refractivity contribution is 6.00. The summed E-state index contributed by atoms with van der Waals surface area (Å²) in [7, 11) is 1.76. The number of para-hydroxylation sites is 1. The fourth-order valence-electron chi connectivity index (χ4n) is 2.73. The topological polar surface area (TPSA) is 51.5 Å². The van der Waals surface area contributed by atoms with Crippen molar-refractivity contribution in [3.63, 3.8) is 0 Å². The molecule has 22 heavy (non-hydrogen) atoms. The van der Waals surface area contributed by atoms with Crippen LogP contribution in [0.1, 0.15) is 23.0 Å². The normalized spacial score (nSPS) is 14.5. The van der Waals surface area contributed by atoms with Crippen molar-refractivity contribution in [1.29, 1.82) is 0 Å². The summed E-state index contributed by atoms with van der Waals surface area (Å²) in [6, 6.07) is 11.2. The second kappa shape index (κ2) is 5.67. The Morgan fingerprint density at radius 1 is 1.18 bits per heavy atom. The summed E-state index contributed by atoms with van der Waals surface area (Å²) in [5.41, 5.74) is 2.49. The van der Waals surface area contributed by atoms with E-state index in [2.05, 4.69) is 0 Å². The number of rotatable bonds is 3. The lowest BCUT2D eigenvalue weighted by atomic mass is 10.2. The van der Waals surface area contributed by atoms with Gasteiger partial charge in [-0.25, -0.2) is 4.79 Å². The molecular weight excluding hydrogens is 280 g/mol. The molecule has 1 aliphatic rings. The van der Waals surface area contributed by atoms with Gasteiger partial charge in [0.15, 0.2) is 6.10 Å². The number of carbonyl (C=O) groups excluding carboxylic acids is 2. The molecule has 1 aliphatic heterocycles. The van der Waals surface area contributed by atoms with Crippen LogP contribution in [0.25, 0.3) is 0 Å². The van der Waals surface area contributed by atoms with Crippen LogP contribution in [0.2, 0.25) is 0 Å². The van der Waals surface area contributed by atoms with E-state index < -0.39 is 12.1 Å². The summed E-state index contributed by atoms with van der Waals surface area (Å²) in [4.78, 5) is 26.3. The molecule has 3 rings (SSSR count). The molecule has 2 aromatic rings. The molecule has 0 spiro atoms. The number of fused-ring (bicyclic) bond motifs is 1. The highest BCUT2D eigenvalue weighted by atomic mass is 16.5. The number of anilines is 1. The van der Waals surface area contributed by atoms with Crippen LogP contribution in [0.5, 0.6) is 0 Å². The predicted octanol–water partition coefficient (Wildman–Crippen LogP) is 2.16. The van der Waals surface area contributed by atoms with Crippen LogP contribution in [-0.2, 0) is 23.0 Å². The van der Waals surface area contributed by atoms with E-state index in [9.17, 15) is 9.59 Å². The van der Waals surface area contributed by atoms with E-state index in [4.69, 9.17) is 4.74 Å². The zero-order chi connectivity index (χ0) is 15.7. The molecule has 1 amide bonds. The van der Waals surface area contributed by atoms with E-state index >= 15 is 0 Å². The lowest BCUT2D eigenvalue weighted by Gasteiger charge is -2.21. The fraction of sp³-hybridized carbons (Fsp3) is 0.294. The van der Waals surface area contributed by atoms with Crippen molar-refractivity contribution in [1.82, 2.24) is 4.57 Å². The predicted molar refractivity (Wildman–Crippen MR) is 82.8 cm³/mol. The summed E-state index contributed by atoms with van der Waals surface area (Å²) >= 11 is 0. The monoisotopic (exact) mass is 298 g/mol. The van der Waals surface area contributed by atoms with Gasteiger partial charge in [0.05, 0.1) is 0 Å². The second-order valence-corrected chi connectivity index (χ2v) is 5.42. The van der Waals surface area contributed by atoms with Gasteiger partial charge in [-0.15, -0.1) is 0 Å². The van der Waals surface area contributed by atoms with Gasteiger partial charge in [0.2, 0.25) is 0 Å². The molecule has 1 aromatic heterocycles.